The summed E-state index contributed by atoms with van der Waals surface area (Å²) in [6.45, 7) is 3.61. The van der Waals surface area contributed by atoms with Gasteiger partial charge in [-0.2, -0.15) is 22.0 Å². The minimum atomic E-state index is -4.72. The monoisotopic (exact) mass is 387 g/mol. The first-order valence-electron chi connectivity index (χ1n) is 8.24. The van der Waals surface area contributed by atoms with E-state index in [1.54, 1.807) is 18.2 Å². The van der Waals surface area contributed by atoms with Crippen LogP contribution in [0.25, 0.3) is 0 Å². The molecule has 3 nitrogen and oxygen atoms in total. The van der Waals surface area contributed by atoms with Gasteiger partial charge in [-0.1, -0.05) is 38.1 Å². The van der Waals surface area contributed by atoms with E-state index in [2.05, 4.69) is 10.1 Å². The number of halogens is 5. The molecule has 0 heterocycles. The molecule has 0 bridgehead atoms. The number of ether oxygens (including phenoxy) is 1. The zero-order valence-electron chi connectivity index (χ0n) is 14.7. The molecule has 2 rings (SSSR count). The lowest BCUT2D eigenvalue weighted by molar-refractivity contribution is -0.187. The van der Waals surface area contributed by atoms with Gasteiger partial charge in [-0.3, -0.25) is 4.79 Å². The van der Waals surface area contributed by atoms with Gasteiger partial charge >= 0.3 is 18.2 Å². The average Bonchev–Trinajstić information content (AvgIpc) is 2.60. The van der Waals surface area contributed by atoms with Gasteiger partial charge in [0.15, 0.2) is 0 Å². The molecule has 0 spiro atoms. The summed E-state index contributed by atoms with van der Waals surface area (Å²) in [5, 5.41) is 2.15. The Balaban J connectivity index is 2.24. The van der Waals surface area contributed by atoms with Crippen molar-refractivity contribution in [2.45, 2.75) is 39.0 Å². The van der Waals surface area contributed by atoms with Gasteiger partial charge in [0.05, 0.1) is 5.56 Å². The van der Waals surface area contributed by atoms with Crippen molar-refractivity contribution in [2.75, 3.05) is 5.32 Å². The molecule has 0 aromatic heterocycles. The molecule has 8 heteroatoms. The van der Waals surface area contributed by atoms with Crippen LogP contribution >= 0.6 is 0 Å². The quantitative estimate of drug-likeness (QED) is 0.671. The highest BCUT2D eigenvalue weighted by atomic mass is 19.4. The van der Waals surface area contributed by atoms with Crippen LogP contribution in [-0.4, -0.2) is 12.0 Å². The molecular formula is C19H18F5NO2. The molecule has 146 valence electrons. The third-order valence-corrected chi connectivity index (χ3v) is 3.91. The molecule has 2 aromatic carbocycles. The van der Waals surface area contributed by atoms with Crippen LogP contribution < -0.4 is 10.1 Å². The molecule has 0 atom stereocenters. The van der Waals surface area contributed by atoms with Crippen LogP contribution in [0, 0.1) is 0 Å². The van der Waals surface area contributed by atoms with E-state index in [0.717, 1.165) is 18.2 Å². The van der Waals surface area contributed by atoms with Gasteiger partial charge < -0.3 is 10.1 Å². The molecule has 2 aromatic rings. The Bertz CT molecular complexity index is 796. The molecule has 0 unspecified atom stereocenters. The maximum atomic E-state index is 14.2. The molecule has 1 N–H and O–H groups in total. The van der Waals surface area contributed by atoms with Gasteiger partial charge in [0.25, 0.3) is 0 Å². The highest BCUT2D eigenvalue weighted by Gasteiger charge is 2.43. The number of rotatable bonds is 6. The van der Waals surface area contributed by atoms with Crippen LogP contribution in [0.4, 0.5) is 27.6 Å². The van der Waals surface area contributed by atoms with Gasteiger partial charge in [-0.25, -0.2) is 0 Å². The van der Waals surface area contributed by atoms with Crippen molar-refractivity contribution < 1.29 is 31.5 Å². The lowest BCUT2D eigenvalue weighted by Gasteiger charge is -2.20. The third-order valence-electron chi connectivity index (χ3n) is 3.91. The average molecular weight is 387 g/mol. The summed E-state index contributed by atoms with van der Waals surface area (Å²) < 4.78 is 70.7. The summed E-state index contributed by atoms with van der Waals surface area (Å²) in [6, 6.07) is 8.13. The Morgan fingerprint density at radius 3 is 2.04 bits per heavy atom. The number of nitrogens with one attached hydrogen (secondary N) is 1. The Morgan fingerprint density at radius 2 is 1.52 bits per heavy atom. The van der Waals surface area contributed by atoms with E-state index in [-0.39, 0.29) is 5.69 Å². The molecule has 0 saturated heterocycles. The molecule has 0 fully saturated rings. The maximum Gasteiger partial charge on any atom is 0.482 e. The van der Waals surface area contributed by atoms with Crippen LogP contribution in [0.1, 0.15) is 30.5 Å². The number of alkyl halides is 5. The number of anilines is 1. The second kappa shape index (κ2) is 7.94. The van der Waals surface area contributed by atoms with Crippen LogP contribution in [-0.2, 0) is 23.8 Å². The molecule has 0 saturated carbocycles. The zero-order chi connectivity index (χ0) is 20.2. The van der Waals surface area contributed by atoms with Crippen LogP contribution in [0.5, 0.6) is 5.75 Å². The molecule has 0 aliphatic rings. The van der Waals surface area contributed by atoms with Gasteiger partial charge in [0.2, 0.25) is 0 Å². The number of para-hydroxylation sites is 1. The van der Waals surface area contributed by atoms with E-state index in [1.165, 1.54) is 0 Å². The molecule has 0 aliphatic heterocycles. The highest BCUT2D eigenvalue weighted by molar-refractivity contribution is 5.96. The van der Waals surface area contributed by atoms with Crippen LogP contribution in [0.3, 0.4) is 0 Å². The van der Waals surface area contributed by atoms with Crippen molar-refractivity contribution in [2.24, 2.45) is 0 Å². The number of hydrogen-bond donors (Lipinski definition) is 1. The summed E-state index contributed by atoms with van der Waals surface area (Å²) in [5.74, 6) is -2.51. The first-order valence-corrected chi connectivity index (χ1v) is 8.24. The minimum absolute atomic E-state index is 0.264. The van der Waals surface area contributed by atoms with E-state index in [4.69, 9.17) is 0 Å². The van der Waals surface area contributed by atoms with E-state index in [0.29, 0.717) is 30.0 Å². The fourth-order valence-corrected chi connectivity index (χ4v) is 2.52. The summed E-state index contributed by atoms with van der Waals surface area (Å²) in [5.41, 5.74) is 0.441. The minimum Gasteiger partial charge on any atom is -0.425 e. The summed E-state index contributed by atoms with van der Waals surface area (Å²) in [6.07, 6.45) is -8.06. The Hall–Kier alpha value is -2.64. The van der Waals surface area contributed by atoms with Crippen molar-refractivity contribution in [3.05, 3.63) is 59.2 Å². The smallest absolute Gasteiger partial charge is 0.425 e. The summed E-state index contributed by atoms with van der Waals surface area (Å²) >= 11 is 0. The first kappa shape index (κ1) is 20.7. The van der Waals surface area contributed by atoms with Crippen LogP contribution in [0.15, 0.2) is 42.5 Å². The summed E-state index contributed by atoms with van der Waals surface area (Å²) in [7, 11) is 0. The van der Waals surface area contributed by atoms with Crippen molar-refractivity contribution in [3.8, 4) is 5.75 Å². The van der Waals surface area contributed by atoms with Gasteiger partial charge in [-0.05, 0) is 42.2 Å². The Labute approximate surface area is 153 Å². The summed E-state index contributed by atoms with van der Waals surface area (Å²) in [4.78, 5) is 12.0. The number of carbonyl (C=O) groups excluding carboxylic acids is 1. The largest absolute Gasteiger partial charge is 0.482 e. The molecule has 0 aliphatic carbocycles. The predicted octanol–water partition coefficient (Wildman–Crippen LogP) is 5.44. The normalized spacial score (nSPS) is 12.0. The number of carbonyl (C=O) groups is 1. The molecule has 27 heavy (non-hydrogen) atoms. The Kier molecular flexibility index (Phi) is 6.08. The first-order chi connectivity index (χ1) is 12.6. The maximum absolute atomic E-state index is 14.2. The standard InChI is InChI=1S/C19H18F5NO2/c1-3-12-7-5-8-13(4-2)16(12)25-17(26)19(23,24)27-15-10-6-9-14(11-15)18(20,21)22/h5-11H,3-4H2,1-2H3,(H,25,26). The molecular weight excluding hydrogens is 369 g/mol. The lowest BCUT2D eigenvalue weighted by atomic mass is 10.0. The number of hydrogen-bond acceptors (Lipinski definition) is 2. The van der Waals surface area contributed by atoms with E-state index >= 15 is 0 Å². The zero-order valence-corrected chi connectivity index (χ0v) is 14.7. The molecule has 1 amide bonds. The van der Waals surface area contributed by atoms with E-state index in [1.807, 2.05) is 13.8 Å². The lowest BCUT2D eigenvalue weighted by Crippen LogP contribution is -2.40. The number of aryl methyl sites for hydroxylation is 2. The van der Waals surface area contributed by atoms with Crippen molar-refractivity contribution in [1.82, 2.24) is 0 Å². The third kappa shape index (κ3) is 4.96. The van der Waals surface area contributed by atoms with Gasteiger partial charge in [-0.15, -0.1) is 0 Å². The number of amides is 1. The van der Waals surface area contributed by atoms with E-state index in [9.17, 15) is 26.7 Å². The Morgan fingerprint density at radius 1 is 0.963 bits per heavy atom. The van der Waals surface area contributed by atoms with E-state index < -0.39 is 29.5 Å². The highest BCUT2D eigenvalue weighted by Crippen LogP contribution is 2.33. The topological polar surface area (TPSA) is 38.3 Å². The second-order valence-electron chi connectivity index (χ2n) is 5.76. The SMILES string of the molecule is CCc1cccc(CC)c1NC(=O)C(F)(F)Oc1cccc(C(F)(F)F)c1. The number of benzene rings is 2. The molecule has 0 radical (unpaired) electrons. The van der Waals surface area contributed by atoms with Gasteiger partial charge in [0.1, 0.15) is 5.75 Å². The van der Waals surface area contributed by atoms with Crippen molar-refractivity contribution in [1.29, 1.82) is 0 Å². The second-order valence-corrected chi connectivity index (χ2v) is 5.76. The predicted molar refractivity (Wildman–Crippen MR) is 90.8 cm³/mol. The van der Waals surface area contributed by atoms with Crippen molar-refractivity contribution >= 4 is 11.6 Å². The fourth-order valence-electron chi connectivity index (χ4n) is 2.52. The van der Waals surface area contributed by atoms with Crippen molar-refractivity contribution in [3.63, 3.8) is 0 Å². The fraction of sp³-hybridized carbons (Fsp3) is 0.316. The van der Waals surface area contributed by atoms with Crippen LogP contribution in [0.2, 0.25) is 0 Å². The van der Waals surface area contributed by atoms with Gasteiger partial charge in [0, 0.05) is 5.69 Å².